The Morgan fingerprint density at radius 3 is 2.69 bits per heavy atom. The molecule has 0 spiro atoms. The number of H-pyrrole nitrogens is 1. The third-order valence-corrected chi connectivity index (χ3v) is 7.89. The van der Waals surface area contributed by atoms with Gasteiger partial charge in [0, 0.05) is 29.8 Å². The summed E-state index contributed by atoms with van der Waals surface area (Å²) >= 11 is 6.45. The Labute approximate surface area is 156 Å². The number of aryl methyl sites for hydroxylation is 1. The summed E-state index contributed by atoms with van der Waals surface area (Å²) in [5.41, 5.74) is -0.151. The maximum absolute atomic E-state index is 13.1. The normalized spacial score (nSPS) is 22.4. The molecule has 2 aromatic rings. The molecule has 2 heterocycles. The van der Waals surface area contributed by atoms with Gasteiger partial charge in [0.1, 0.15) is 17.0 Å². The molecule has 140 valence electrons. The molecule has 1 aromatic carbocycles. The minimum atomic E-state index is -2.47. The zero-order valence-electron chi connectivity index (χ0n) is 14.7. The fraction of sp³-hybridized carbons (Fsp3) is 0.412. The first kappa shape index (κ1) is 18.7. The predicted molar refractivity (Wildman–Crippen MR) is 101 cm³/mol. The molecular weight excluding hydrogens is 378 g/mol. The first-order valence-corrected chi connectivity index (χ1v) is 10.3. The van der Waals surface area contributed by atoms with E-state index in [1.807, 2.05) is 6.92 Å². The first-order chi connectivity index (χ1) is 12.3. The number of hydrogen-bond donors (Lipinski definition) is 1. The molecule has 3 rings (SSSR count). The lowest BCUT2D eigenvalue weighted by atomic mass is 10.1. The average Bonchev–Trinajstić information content (AvgIpc) is 3.11. The van der Waals surface area contributed by atoms with Crippen molar-refractivity contribution in [2.24, 2.45) is 11.4 Å². The van der Waals surface area contributed by atoms with E-state index in [-0.39, 0.29) is 27.1 Å². The lowest BCUT2D eigenvalue weighted by Crippen LogP contribution is -2.19. The summed E-state index contributed by atoms with van der Waals surface area (Å²) in [6.07, 6.45) is 3.00. The lowest BCUT2D eigenvalue weighted by molar-refractivity contribution is 0.103. The SMILES string of the molecule is COc1ccc(C(=O)c2c[nH]n(C)c2=O)c(Cl)c1N=S1(=O)CCCC1C. The van der Waals surface area contributed by atoms with Crippen molar-refractivity contribution < 1.29 is 13.7 Å². The Hall–Kier alpha value is -2.06. The number of carbonyl (C=O) groups is 1. The summed E-state index contributed by atoms with van der Waals surface area (Å²) in [5, 5.41) is 2.65. The van der Waals surface area contributed by atoms with Crippen molar-refractivity contribution in [3.63, 3.8) is 0 Å². The number of ketones is 1. The number of aromatic amines is 1. The Balaban J connectivity index is 2.18. The van der Waals surface area contributed by atoms with Crippen LogP contribution in [0.2, 0.25) is 5.02 Å². The Morgan fingerprint density at radius 2 is 2.15 bits per heavy atom. The molecule has 1 aromatic heterocycles. The van der Waals surface area contributed by atoms with Crippen LogP contribution in [0.1, 0.15) is 35.7 Å². The molecule has 7 nitrogen and oxygen atoms in total. The van der Waals surface area contributed by atoms with Crippen molar-refractivity contribution >= 4 is 32.8 Å². The van der Waals surface area contributed by atoms with Crippen LogP contribution in [-0.2, 0) is 16.8 Å². The smallest absolute Gasteiger partial charge is 0.277 e. The van der Waals surface area contributed by atoms with Gasteiger partial charge in [-0.25, -0.2) is 4.21 Å². The van der Waals surface area contributed by atoms with Gasteiger partial charge in [-0.3, -0.25) is 14.3 Å². The molecule has 9 heteroatoms. The van der Waals surface area contributed by atoms with Gasteiger partial charge >= 0.3 is 0 Å². The van der Waals surface area contributed by atoms with Crippen LogP contribution in [0.5, 0.6) is 5.75 Å². The largest absolute Gasteiger partial charge is 0.494 e. The minimum absolute atomic E-state index is 0.0241. The highest BCUT2D eigenvalue weighted by molar-refractivity contribution is 7.94. The second-order valence-corrected chi connectivity index (χ2v) is 9.45. The van der Waals surface area contributed by atoms with E-state index in [2.05, 4.69) is 9.46 Å². The van der Waals surface area contributed by atoms with E-state index in [0.717, 1.165) is 12.8 Å². The van der Waals surface area contributed by atoms with E-state index < -0.39 is 21.1 Å². The highest BCUT2D eigenvalue weighted by atomic mass is 35.5. The molecular formula is C17H20ClN3O4S. The van der Waals surface area contributed by atoms with Crippen LogP contribution in [0.3, 0.4) is 0 Å². The number of aromatic nitrogens is 2. The van der Waals surface area contributed by atoms with E-state index in [1.165, 1.54) is 31.1 Å². The summed E-state index contributed by atoms with van der Waals surface area (Å²) in [6.45, 7) is 1.90. The van der Waals surface area contributed by atoms with Crippen molar-refractivity contribution in [2.75, 3.05) is 12.9 Å². The molecule has 1 N–H and O–H groups in total. The van der Waals surface area contributed by atoms with Crippen LogP contribution >= 0.6 is 11.6 Å². The van der Waals surface area contributed by atoms with E-state index in [1.54, 1.807) is 6.07 Å². The van der Waals surface area contributed by atoms with Crippen LogP contribution in [0, 0.1) is 0 Å². The number of ether oxygens (including phenoxy) is 1. The molecule has 0 saturated carbocycles. The topological polar surface area (TPSA) is 93.5 Å². The maximum Gasteiger partial charge on any atom is 0.277 e. The molecule has 1 fully saturated rings. The van der Waals surface area contributed by atoms with E-state index in [0.29, 0.717) is 11.5 Å². The third kappa shape index (κ3) is 3.07. The van der Waals surface area contributed by atoms with Crippen LogP contribution in [0.4, 0.5) is 5.69 Å². The van der Waals surface area contributed by atoms with E-state index >= 15 is 0 Å². The number of nitrogens with zero attached hydrogens (tertiary/aromatic N) is 2. The number of halogens is 1. The standard InChI is InChI=1S/C17H20ClN3O4S/c1-10-5-4-8-26(10,24)20-15-13(25-3)7-6-11(14(15)18)16(22)12-9-19-21(2)17(12)23/h6-7,9-10,19H,4-5,8H2,1-3H3. The second kappa shape index (κ2) is 6.92. The van der Waals surface area contributed by atoms with Crippen LogP contribution in [-0.4, -0.2) is 37.9 Å². The third-order valence-electron chi connectivity index (χ3n) is 4.65. The van der Waals surface area contributed by atoms with Crippen molar-refractivity contribution in [1.82, 2.24) is 9.78 Å². The predicted octanol–water partition coefficient (Wildman–Crippen LogP) is 2.89. The Kier molecular flexibility index (Phi) is 4.98. The molecule has 2 unspecified atom stereocenters. The van der Waals surface area contributed by atoms with E-state index in [4.69, 9.17) is 16.3 Å². The summed E-state index contributed by atoms with van der Waals surface area (Å²) < 4.78 is 24.0. The second-order valence-electron chi connectivity index (χ2n) is 6.30. The number of hydrogen-bond acceptors (Lipinski definition) is 5. The lowest BCUT2D eigenvalue weighted by Gasteiger charge is -2.13. The minimum Gasteiger partial charge on any atom is -0.494 e. The first-order valence-electron chi connectivity index (χ1n) is 8.17. The van der Waals surface area contributed by atoms with Crippen molar-refractivity contribution in [2.45, 2.75) is 25.0 Å². The molecule has 0 bridgehead atoms. The van der Waals surface area contributed by atoms with Gasteiger partial charge < -0.3 is 9.84 Å². The Bertz CT molecular complexity index is 1050. The number of rotatable bonds is 4. The van der Waals surface area contributed by atoms with Crippen molar-refractivity contribution in [3.8, 4) is 5.75 Å². The van der Waals surface area contributed by atoms with Gasteiger partial charge in [-0.2, -0.15) is 4.36 Å². The monoisotopic (exact) mass is 397 g/mol. The highest BCUT2D eigenvalue weighted by Gasteiger charge is 2.28. The van der Waals surface area contributed by atoms with Crippen LogP contribution < -0.4 is 10.3 Å². The molecule has 2 atom stereocenters. The molecule has 0 radical (unpaired) electrons. The van der Waals surface area contributed by atoms with Crippen LogP contribution in [0.15, 0.2) is 27.5 Å². The fourth-order valence-corrected chi connectivity index (χ4v) is 5.61. The number of nitrogens with one attached hydrogen (secondary N) is 1. The summed E-state index contributed by atoms with van der Waals surface area (Å²) in [4.78, 5) is 24.8. The van der Waals surface area contributed by atoms with Crippen molar-refractivity contribution in [3.05, 3.63) is 44.8 Å². The molecule has 1 saturated heterocycles. The quantitative estimate of drug-likeness (QED) is 0.802. The molecule has 1 aliphatic rings. The average molecular weight is 398 g/mol. The molecule has 0 aliphatic carbocycles. The number of carbonyl (C=O) groups excluding carboxylic acids is 1. The highest BCUT2D eigenvalue weighted by Crippen LogP contribution is 2.40. The molecule has 0 amide bonds. The van der Waals surface area contributed by atoms with Gasteiger partial charge in [-0.05, 0) is 31.9 Å². The van der Waals surface area contributed by atoms with Crippen LogP contribution in [0.25, 0.3) is 0 Å². The number of methoxy groups -OCH3 is 1. The summed E-state index contributed by atoms with van der Waals surface area (Å²) in [6, 6.07) is 3.04. The number of benzene rings is 1. The molecule has 1 aliphatic heterocycles. The van der Waals surface area contributed by atoms with Gasteiger partial charge in [0.25, 0.3) is 5.56 Å². The summed E-state index contributed by atoms with van der Waals surface area (Å²) in [5.74, 6) is 0.310. The molecule has 26 heavy (non-hydrogen) atoms. The zero-order valence-corrected chi connectivity index (χ0v) is 16.3. The van der Waals surface area contributed by atoms with E-state index in [9.17, 15) is 13.8 Å². The van der Waals surface area contributed by atoms with Crippen molar-refractivity contribution in [1.29, 1.82) is 0 Å². The Morgan fingerprint density at radius 1 is 1.42 bits per heavy atom. The zero-order chi connectivity index (χ0) is 19.1. The van der Waals surface area contributed by atoms with Gasteiger partial charge in [0.2, 0.25) is 5.78 Å². The van der Waals surface area contributed by atoms with Gasteiger partial charge in [-0.1, -0.05) is 11.6 Å². The fourth-order valence-electron chi connectivity index (χ4n) is 3.00. The summed E-state index contributed by atoms with van der Waals surface area (Å²) in [7, 11) is 0.498. The van der Waals surface area contributed by atoms with Gasteiger partial charge in [0.05, 0.1) is 21.9 Å². The van der Waals surface area contributed by atoms with Gasteiger partial charge in [0.15, 0.2) is 0 Å². The van der Waals surface area contributed by atoms with Gasteiger partial charge in [-0.15, -0.1) is 0 Å². The maximum atomic E-state index is 13.1.